The molecule has 0 aliphatic heterocycles. The fourth-order valence-electron chi connectivity index (χ4n) is 1.52. The lowest BCUT2D eigenvalue weighted by Crippen LogP contribution is -2.14. The Morgan fingerprint density at radius 1 is 1.11 bits per heavy atom. The van der Waals surface area contributed by atoms with E-state index >= 15 is 0 Å². The zero-order valence-electron chi connectivity index (χ0n) is 9.00. The summed E-state index contributed by atoms with van der Waals surface area (Å²) in [5, 5.41) is 0. The van der Waals surface area contributed by atoms with E-state index in [9.17, 15) is 8.78 Å². The molecular weight excluding hydrogens is 370 g/mol. The molecule has 1 aromatic heterocycles. The van der Waals surface area contributed by atoms with E-state index in [0.29, 0.717) is 15.7 Å². The molecule has 0 radical (unpaired) electrons. The molecule has 0 fully saturated rings. The van der Waals surface area contributed by atoms with Gasteiger partial charge in [0.1, 0.15) is 0 Å². The third-order valence-corrected chi connectivity index (χ3v) is 3.50. The monoisotopic (exact) mass is 376 g/mol. The van der Waals surface area contributed by atoms with E-state index in [1.807, 2.05) is 0 Å². The van der Waals surface area contributed by atoms with E-state index in [1.165, 1.54) is 6.07 Å². The van der Waals surface area contributed by atoms with Gasteiger partial charge in [-0.3, -0.25) is 4.98 Å². The van der Waals surface area contributed by atoms with E-state index in [0.717, 1.165) is 16.6 Å². The van der Waals surface area contributed by atoms with Crippen molar-refractivity contribution in [2.45, 2.75) is 6.04 Å². The van der Waals surface area contributed by atoms with Crippen LogP contribution in [0.3, 0.4) is 0 Å². The number of halogens is 4. The highest BCUT2D eigenvalue weighted by Gasteiger charge is 2.16. The minimum Gasteiger partial charge on any atom is -0.319 e. The predicted octanol–water partition coefficient (Wildman–Crippen LogP) is 3.93. The third kappa shape index (κ3) is 2.76. The molecule has 1 unspecified atom stereocenters. The summed E-state index contributed by atoms with van der Waals surface area (Å²) < 4.78 is 27.5. The highest BCUT2D eigenvalue weighted by molar-refractivity contribution is 9.11. The number of aromatic nitrogens is 1. The minimum absolute atomic E-state index is 0.462. The van der Waals surface area contributed by atoms with Crippen LogP contribution < -0.4 is 5.73 Å². The standard InChI is InChI=1S/C12H8Br2F2N2/c13-7-4-8(14)12(18-5-7)11(17)6-1-2-9(15)10(16)3-6/h1-5,11H,17H2. The van der Waals surface area contributed by atoms with E-state index in [-0.39, 0.29) is 0 Å². The largest absolute Gasteiger partial charge is 0.319 e. The second kappa shape index (κ2) is 5.42. The maximum Gasteiger partial charge on any atom is 0.159 e. The van der Waals surface area contributed by atoms with Gasteiger partial charge in [0.05, 0.1) is 11.7 Å². The van der Waals surface area contributed by atoms with Crippen LogP contribution in [0.25, 0.3) is 0 Å². The van der Waals surface area contributed by atoms with Crippen molar-refractivity contribution in [1.29, 1.82) is 0 Å². The lowest BCUT2D eigenvalue weighted by molar-refractivity contribution is 0.506. The Morgan fingerprint density at radius 2 is 1.83 bits per heavy atom. The van der Waals surface area contributed by atoms with E-state index < -0.39 is 17.7 Å². The Morgan fingerprint density at radius 3 is 2.44 bits per heavy atom. The van der Waals surface area contributed by atoms with E-state index in [1.54, 1.807) is 12.3 Å². The fourth-order valence-corrected chi connectivity index (χ4v) is 2.75. The molecule has 0 saturated heterocycles. The summed E-state index contributed by atoms with van der Waals surface area (Å²) >= 11 is 6.62. The third-order valence-electron chi connectivity index (χ3n) is 2.43. The molecule has 2 N–H and O–H groups in total. The summed E-state index contributed by atoms with van der Waals surface area (Å²) in [5.74, 6) is -1.81. The number of nitrogens with zero attached hydrogens (tertiary/aromatic N) is 1. The van der Waals surface area contributed by atoms with Crippen LogP contribution in [0.2, 0.25) is 0 Å². The first-order valence-electron chi connectivity index (χ1n) is 5.00. The Labute approximate surface area is 119 Å². The molecule has 1 heterocycles. The number of nitrogens with two attached hydrogens (primary N) is 1. The van der Waals surface area contributed by atoms with Crippen LogP contribution in [0.4, 0.5) is 8.78 Å². The van der Waals surface area contributed by atoms with Crippen LogP contribution in [-0.2, 0) is 0 Å². The summed E-state index contributed by atoms with van der Waals surface area (Å²) in [4.78, 5) is 4.17. The van der Waals surface area contributed by atoms with Gasteiger partial charge < -0.3 is 5.73 Å². The summed E-state index contributed by atoms with van der Waals surface area (Å²) in [7, 11) is 0. The number of hydrogen-bond acceptors (Lipinski definition) is 2. The van der Waals surface area contributed by atoms with Gasteiger partial charge in [-0.1, -0.05) is 6.07 Å². The maximum atomic E-state index is 13.1. The predicted molar refractivity (Wildman–Crippen MR) is 72.0 cm³/mol. The fraction of sp³-hybridized carbons (Fsp3) is 0.0833. The van der Waals surface area contributed by atoms with Gasteiger partial charge in [0.25, 0.3) is 0 Å². The quantitative estimate of drug-likeness (QED) is 0.861. The molecule has 0 bridgehead atoms. The molecule has 2 rings (SSSR count). The van der Waals surface area contributed by atoms with Crippen molar-refractivity contribution in [2.24, 2.45) is 5.73 Å². The smallest absolute Gasteiger partial charge is 0.159 e. The topological polar surface area (TPSA) is 38.9 Å². The van der Waals surface area contributed by atoms with Crippen molar-refractivity contribution in [3.8, 4) is 0 Å². The Kier molecular flexibility index (Phi) is 4.09. The lowest BCUT2D eigenvalue weighted by Gasteiger charge is -2.13. The number of pyridine rings is 1. The van der Waals surface area contributed by atoms with E-state index in [4.69, 9.17) is 5.73 Å². The van der Waals surface area contributed by atoms with Crippen LogP contribution >= 0.6 is 31.9 Å². The molecule has 0 amide bonds. The first kappa shape index (κ1) is 13.6. The number of rotatable bonds is 2. The highest BCUT2D eigenvalue weighted by Crippen LogP contribution is 2.27. The lowest BCUT2D eigenvalue weighted by atomic mass is 10.0. The molecule has 18 heavy (non-hydrogen) atoms. The highest BCUT2D eigenvalue weighted by atomic mass is 79.9. The zero-order valence-corrected chi connectivity index (χ0v) is 12.2. The molecule has 2 aromatic rings. The van der Waals surface area contributed by atoms with Crippen molar-refractivity contribution in [3.05, 3.63) is 62.3 Å². The molecule has 0 spiro atoms. The molecule has 1 atom stereocenters. The summed E-state index contributed by atoms with van der Waals surface area (Å²) in [5.41, 5.74) is 7.01. The van der Waals surface area contributed by atoms with Crippen molar-refractivity contribution in [1.82, 2.24) is 4.98 Å². The Bertz CT molecular complexity index is 590. The summed E-state index contributed by atoms with van der Waals surface area (Å²) in [6.45, 7) is 0. The van der Waals surface area contributed by atoms with Crippen molar-refractivity contribution in [2.75, 3.05) is 0 Å². The minimum atomic E-state index is -0.920. The first-order valence-corrected chi connectivity index (χ1v) is 6.59. The van der Waals surface area contributed by atoms with Crippen LogP contribution in [0.1, 0.15) is 17.3 Å². The van der Waals surface area contributed by atoms with Gasteiger partial charge in [-0.05, 0) is 55.6 Å². The van der Waals surface area contributed by atoms with Gasteiger partial charge in [-0.2, -0.15) is 0 Å². The SMILES string of the molecule is NC(c1ccc(F)c(F)c1)c1ncc(Br)cc1Br. The Hall–Kier alpha value is -0.850. The van der Waals surface area contributed by atoms with E-state index in [2.05, 4.69) is 36.8 Å². The van der Waals surface area contributed by atoms with Gasteiger partial charge in [0.15, 0.2) is 11.6 Å². The van der Waals surface area contributed by atoms with Gasteiger partial charge in [0.2, 0.25) is 0 Å². The normalized spacial score (nSPS) is 12.5. The van der Waals surface area contributed by atoms with Gasteiger partial charge in [0, 0.05) is 15.1 Å². The van der Waals surface area contributed by atoms with Crippen molar-refractivity contribution in [3.63, 3.8) is 0 Å². The number of hydrogen-bond donors (Lipinski definition) is 1. The molecule has 0 aliphatic carbocycles. The first-order chi connectivity index (χ1) is 8.49. The second-order valence-corrected chi connectivity index (χ2v) is 5.44. The number of benzene rings is 1. The van der Waals surface area contributed by atoms with Gasteiger partial charge in [-0.15, -0.1) is 0 Å². The van der Waals surface area contributed by atoms with Crippen LogP contribution in [0, 0.1) is 11.6 Å². The van der Waals surface area contributed by atoms with Crippen LogP contribution in [-0.4, -0.2) is 4.98 Å². The average molecular weight is 378 g/mol. The summed E-state index contributed by atoms with van der Waals surface area (Å²) in [6, 6.07) is 4.75. The molecule has 2 nitrogen and oxygen atoms in total. The molecule has 0 saturated carbocycles. The Balaban J connectivity index is 2.41. The molecule has 1 aromatic carbocycles. The molecule has 94 valence electrons. The van der Waals surface area contributed by atoms with Crippen LogP contribution in [0.5, 0.6) is 0 Å². The van der Waals surface area contributed by atoms with Gasteiger partial charge >= 0.3 is 0 Å². The van der Waals surface area contributed by atoms with Crippen LogP contribution in [0.15, 0.2) is 39.4 Å². The zero-order chi connectivity index (χ0) is 13.3. The molecule has 6 heteroatoms. The molecule has 0 aliphatic rings. The average Bonchev–Trinajstić information content (AvgIpc) is 2.32. The van der Waals surface area contributed by atoms with Gasteiger partial charge in [-0.25, -0.2) is 8.78 Å². The van der Waals surface area contributed by atoms with Crippen molar-refractivity contribution < 1.29 is 8.78 Å². The second-order valence-electron chi connectivity index (χ2n) is 3.67. The maximum absolute atomic E-state index is 13.1. The van der Waals surface area contributed by atoms with Crippen molar-refractivity contribution >= 4 is 31.9 Å². The summed E-state index contributed by atoms with van der Waals surface area (Å²) in [6.07, 6.45) is 1.60. The molecular formula is C12H8Br2F2N2.